The summed E-state index contributed by atoms with van der Waals surface area (Å²) in [5.41, 5.74) is 1.31. The van der Waals surface area contributed by atoms with Crippen molar-refractivity contribution in [3.8, 4) is 0 Å². The van der Waals surface area contributed by atoms with Gasteiger partial charge in [-0.15, -0.1) is 0 Å². The van der Waals surface area contributed by atoms with E-state index >= 15 is 0 Å². The van der Waals surface area contributed by atoms with Crippen LogP contribution >= 0.6 is 0 Å². The van der Waals surface area contributed by atoms with Crippen molar-refractivity contribution in [1.29, 1.82) is 0 Å². The maximum atomic E-state index is 12.6. The summed E-state index contributed by atoms with van der Waals surface area (Å²) in [5.74, 6) is -0.453. The molecule has 1 amide bonds. The fourth-order valence-corrected chi connectivity index (χ4v) is 2.48. The van der Waals surface area contributed by atoms with Crippen molar-refractivity contribution in [2.75, 3.05) is 18.1 Å². The number of aryl methyl sites for hydroxylation is 1. The Morgan fingerprint density at radius 3 is 2.74 bits per heavy atom. The number of carbonyl (C=O) groups excluding carboxylic acids is 1. The summed E-state index contributed by atoms with van der Waals surface area (Å²) in [6.07, 6.45) is -1.94. The molecular formula is C18H19N3O6. The van der Waals surface area contributed by atoms with Gasteiger partial charge in [-0.2, -0.15) is 4.98 Å². The van der Waals surface area contributed by atoms with Crippen LogP contribution in [-0.4, -0.2) is 45.1 Å². The van der Waals surface area contributed by atoms with Gasteiger partial charge in [0.1, 0.15) is 17.9 Å². The molecule has 0 aliphatic rings. The number of rotatable bonds is 6. The number of aliphatic hydroxyl groups excluding tert-OH is 2. The molecule has 2 N–H and O–H groups in total. The first-order chi connectivity index (χ1) is 13.0. The number of carbonyl (C=O) groups is 1. The summed E-state index contributed by atoms with van der Waals surface area (Å²) in [6.45, 7) is -0.737. The lowest BCUT2D eigenvalue weighted by atomic mass is 10.2. The van der Waals surface area contributed by atoms with Gasteiger partial charge in [0.15, 0.2) is 0 Å². The number of aromatic nitrogens is 2. The van der Waals surface area contributed by atoms with E-state index in [0.29, 0.717) is 5.52 Å². The Bertz CT molecular complexity index is 982. The molecule has 0 aliphatic carbocycles. The minimum atomic E-state index is -1.19. The van der Waals surface area contributed by atoms with Crippen LogP contribution in [0.2, 0.25) is 0 Å². The summed E-state index contributed by atoms with van der Waals surface area (Å²) >= 11 is 0. The van der Waals surface area contributed by atoms with E-state index in [1.165, 1.54) is 17.7 Å². The highest BCUT2D eigenvalue weighted by atomic mass is 16.6. The van der Waals surface area contributed by atoms with Gasteiger partial charge in [-0.1, -0.05) is 30.3 Å². The summed E-state index contributed by atoms with van der Waals surface area (Å²) in [6, 6.07) is 12.2. The van der Waals surface area contributed by atoms with Crippen molar-refractivity contribution < 1.29 is 24.2 Å². The van der Waals surface area contributed by atoms with Crippen molar-refractivity contribution in [2.24, 2.45) is 7.05 Å². The van der Waals surface area contributed by atoms with Crippen molar-refractivity contribution in [1.82, 2.24) is 9.55 Å². The van der Waals surface area contributed by atoms with Gasteiger partial charge in [0.05, 0.1) is 19.3 Å². The predicted molar refractivity (Wildman–Crippen MR) is 96.3 cm³/mol. The minimum absolute atomic E-state index is 0.0358. The first kappa shape index (κ1) is 18.6. The minimum Gasteiger partial charge on any atom is -0.444 e. The number of benzene rings is 1. The molecule has 0 spiro atoms. The van der Waals surface area contributed by atoms with E-state index in [4.69, 9.17) is 14.3 Å². The number of ether oxygens (including phenoxy) is 1. The molecule has 142 valence electrons. The smallest absolute Gasteiger partial charge is 0.421 e. The molecule has 2 aromatic heterocycles. The molecule has 0 bridgehead atoms. The monoisotopic (exact) mass is 373 g/mol. The van der Waals surface area contributed by atoms with Crippen molar-refractivity contribution >= 4 is 23.1 Å². The fraction of sp³-hybridized carbons (Fsp3) is 0.278. The van der Waals surface area contributed by atoms with E-state index in [9.17, 15) is 14.7 Å². The average Bonchev–Trinajstić information content (AvgIpc) is 2.98. The van der Waals surface area contributed by atoms with Gasteiger partial charge in [-0.3, -0.25) is 9.47 Å². The van der Waals surface area contributed by atoms with Crippen LogP contribution in [0.5, 0.6) is 0 Å². The standard InChI is InChI=1S/C18H19N3O6/c1-20-14-7-8-15(19-16(14)27-17(20)24)21(9-13(23)10-22)18(25)26-11-12-5-3-2-4-6-12/h2-8,13,22-23H,9-11H2,1H3. The SMILES string of the molecule is Cn1c(=O)oc2nc(N(CC(O)CO)C(=O)OCc3ccccc3)ccc21. The van der Waals surface area contributed by atoms with Crippen molar-refractivity contribution in [3.05, 3.63) is 58.6 Å². The molecular weight excluding hydrogens is 354 g/mol. The van der Waals surface area contributed by atoms with Gasteiger partial charge in [0.2, 0.25) is 0 Å². The van der Waals surface area contributed by atoms with E-state index in [0.717, 1.165) is 10.5 Å². The quantitative estimate of drug-likeness (QED) is 0.662. The second-order valence-corrected chi connectivity index (χ2v) is 5.91. The zero-order chi connectivity index (χ0) is 19.4. The zero-order valence-electron chi connectivity index (χ0n) is 14.6. The highest BCUT2D eigenvalue weighted by Gasteiger charge is 2.23. The van der Waals surface area contributed by atoms with Gasteiger partial charge in [-0.05, 0) is 17.7 Å². The normalized spacial score (nSPS) is 12.1. The third-order valence-corrected chi connectivity index (χ3v) is 3.95. The lowest BCUT2D eigenvalue weighted by Gasteiger charge is -2.23. The van der Waals surface area contributed by atoms with Crippen molar-refractivity contribution in [2.45, 2.75) is 12.7 Å². The Morgan fingerprint density at radius 1 is 1.30 bits per heavy atom. The number of aliphatic hydroxyl groups is 2. The third kappa shape index (κ3) is 4.15. The summed E-state index contributed by atoms with van der Waals surface area (Å²) in [7, 11) is 1.54. The van der Waals surface area contributed by atoms with E-state index < -0.39 is 24.6 Å². The molecule has 1 unspecified atom stereocenters. The molecule has 9 heteroatoms. The maximum Gasteiger partial charge on any atom is 0.421 e. The lowest BCUT2D eigenvalue weighted by molar-refractivity contribution is 0.0947. The summed E-state index contributed by atoms with van der Waals surface area (Å²) < 4.78 is 11.6. The Hall–Kier alpha value is -3.17. The molecule has 9 nitrogen and oxygen atoms in total. The Balaban J connectivity index is 1.86. The number of hydrogen-bond acceptors (Lipinski definition) is 7. The number of nitrogens with zero attached hydrogens (tertiary/aromatic N) is 3. The van der Waals surface area contributed by atoms with Gasteiger partial charge < -0.3 is 19.4 Å². The number of pyridine rings is 1. The summed E-state index contributed by atoms with van der Waals surface area (Å²) in [5, 5.41) is 18.9. The van der Waals surface area contributed by atoms with Crippen LogP contribution in [0, 0.1) is 0 Å². The van der Waals surface area contributed by atoms with Gasteiger partial charge >= 0.3 is 11.8 Å². The third-order valence-electron chi connectivity index (χ3n) is 3.95. The van der Waals surface area contributed by atoms with Crippen LogP contribution in [-0.2, 0) is 18.4 Å². The van der Waals surface area contributed by atoms with Crippen LogP contribution in [0.4, 0.5) is 10.6 Å². The van der Waals surface area contributed by atoms with Crippen LogP contribution in [0.3, 0.4) is 0 Å². The number of amides is 1. The number of anilines is 1. The molecule has 0 radical (unpaired) electrons. The summed E-state index contributed by atoms with van der Waals surface area (Å²) in [4.78, 5) is 29.4. The van der Waals surface area contributed by atoms with E-state index in [-0.39, 0.29) is 24.7 Å². The van der Waals surface area contributed by atoms with Crippen LogP contribution in [0.25, 0.3) is 11.2 Å². The van der Waals surface area contributed by atoms with Crippen LogP contribution in [0.15, 0.2) is 51.7 Å². The second-order valence-electron chi connectivity index (χ2n) is 5.91. The van der Waals surface area contributed by atoms with E-state index in [1.807, 2.05) is 30.3 Å². The Labute approximate surface area is 154 Å². The van der Waals surface area contributed by atoms with Gasteiger partial charge in [0, 0.05) is 7.05 Å². The molecule has 0 aliphatic heterocycles. The zero-order valence-corrected chi connectivity index (χ0v) is 14.6. The first-order valence-electron chi connectivity index (χ1n) is 8.23. The molecule has 0 fully saturated rings. The first-order valence-corrected chi connectivity index (χ1v) is 8.23. The van der Waals surface area contributed by atoms with Crippen LogP contribution < -0.4 is 10.7 Å². The molecule has 0 saturated heterocycles. The predicted octanol–water partition coefficient (Wildman–Crippen LogP) is 1.02. The molecule has 27 heavy (non-hydrogen) atoms. The van der Waals surface area contributed by atoms with E-state index in [2.05, 4.69) is 4.98 Å². The fourth-order valence-electron chi connectivity index (χ4n) is 2.48. The molecule has 1 atom stereocenters. The molecule has 3 aromatic rings. The average molecular weight is 373 g/mol. The number of fused-ring (bicyclic) bond motifs is 1. The maximum absolute atomic E-state index is 12.6. The van der Waals surface area contributed by atoms with Crippen molar-refractivity contribution in [3.63, 3.8) is 0 Å². The Kier molecular flexibility index (Phi) is 5.53. The lowest BCUT2D eigenvalue weighted by Crippen LogP contribution is -2.39. The van der Waals surface area contributed by atoms with Gasteiger partial charge in [-0.25, -0.2) is 9.59 Å². The second kappa shape index (κ2) is 8.02. The highest BCUT2D eigenvalue weighted by molar-refractivity contribution is 5.87. The van der Waals surface area contributed by atoms with Gasteiger partial charge in [0.25, 0.3) is 5.71 Å². The van der Waals surface area contributed by atoms with E-state index in [1.54, 1.807) is 6.07 Å². The highest BCUT2D eigenvalue weighted by Crippen LogP contribution is 2.19. The molecule has 0 saturated carbocycles. The topological polar surface area (TPSA) is 118 Å². The number of oxazole rings is 1. The molecule has 3 rings (SSSR count). The van der Waals surface area contributed by atoms with Crippen LogP contribution in [0.1, 0.15) is 5.56 Å². The number of hydrogen-bond donors (Lipinski definition) is 2. The molecule has 2 heterocycles. The molecule has 1 aromatic carbocycles. The largest absolute Gasteiger partial charge is 0.444 e. The Morgan fingerprint density at radius 2 is 2.04 bits per heavy atom.